The topological polar surface area (TPSA) is 53.4 Å². The molecule has 0 radical (unpaired) electrons. The molecule has 0 aliphatic carbocycles. The molecule has 1 aromatic carbocycles. The van der Waals surface area contributed by atoms with Crippen LogP contribution in [0.2, 0.25) is 0 Å². The van der Waals surface area contributed by atoms with E-state index < -0.39 is 5.97 Å². The Morgan fingerprint density at radius 1 is 1.45 bits per heavy atom. The molecule has 2 rings (SSSR count). The standard InChI is InChI=1S/C15H18N2O2S/c1-10(9-20-3)17(2)14-8-12(15(18)19)11-6-4-5-7-13(11)16-14/h4-8,10H,9H2,1-3H3,(H,18,19). The maximum absolute atomic E-state index is 11.4. The van der Waals surface area contributed by atoms with E-state index in [9.17, 15) is 9.90 Å². The zero-order valence-corrected chi connectivity index (χ0v) is 12.6. The van der Waals surface area contributed by atoms with Gasteiger partial charge in [-0.2, -0.15) is 11.8 Å². The summed E-state index contributed by atoms with van der Waals surface area (Å²) >= 11 is 1.76. The van der Waals surface area contributed by atoms with Gasteiger partial charge in [-0.1, -0.05) is 18.2 Å². The van der Waals surface area contributed by atoms with Crippen molar-refractivity contribution in [1.82, 2.24) is 4.98 Å². The predicted octanol–water partition coefficient (Wildman–Crippen LogP) is 3.12. The number of carboxylic acid groups (broad SMARTS) is 1. The van der Waals surface area contributed by atoms with Crippen molar-refractivity contribution in [1.29, 1.82) is 0 Å². The van der Waals surface area contributed by atoms with Gasteiger partial charge in [0.15, 0.2) is 0 Å². The van der Waals surface area contributed by atoms with E-state index in [-0.39, 0.29) is 0 Å². The van der Waals surface area contributed by atoms with E-state index in [4.69, 9.17) is 0 Å². The lowest BCUT2D eigenvalue weighted by atomic mass is 10.1. The minimum atomic E-state index is -0.921. The van der Waals surface area contributed by atoms with Crippen molar-refractivity contribution in [2.75, 3.05) is 24.0 Å². The smallest absolute Gasteiger partial charge is 0.336 e. The molecule has 0 saturated carbocycles. The van der Waals surface area contributed by atoms with Crippen molar-refractivity contribution in [2.45, 2.75) is 13.0 Å². The highest BCUT2D eigenvalue weighted by Crippen LogP contribution is 2.24. The first-order chi connectivity index (χ1) is 9.54. The molecular weight excluding hydrogens is 272 g/mol. The summed E-state index contributed by atoms with van der Waals surface area (Å²) < 4.78 is 0. The number of hydrogen-bond donors (Lipinski definition) is 1. The van der Waals surface area contributed by atoms with Gasteiger partial charge in [-0.3, -0.25) is 0 Å². The monoisotopic (exact) mass is 290 g/mol. The Balaban J connectivity index is 2.52. The second-order valence-corrected chi connectivity index (χ2v) is 5.68. The number of thioether (sulfide) groups is 1. The van der Waals surface area contributed by atoms with Crippen molar-refractivity contribution in [3.63, 3.8) is 0 Å². The first-order valence-electron chi connectivity index (χ1n) is 6.39. The molecule has 0 aliphatic rings. The fraction of sp³-hybridized carbons (Fsp3) is 0.333. The highest BCUT2D eigenvalue weighted by molar-refractivity contribution is 7.98. The summed E-state index contributed by atoms with van der Waals surface area (Å²) in [5, 5.41) is 10.1. The van der Waals surface area contributed by atoms with Gasteiger partial charge in [0.2, 0.25) is 0 Å². The second-order valence-electron chi connectivity index (χ2n) is 4.77. The van der Waals surface area contributed by atoms with Crippen LogP contribution in [-0.4, -0.2) is 41.2 Å². The third-order valence-corrected chi connectivity index (χ3v) is 4.18. The Kier molecular flexibility index (Phi) is 4.49. The summed E-state index contributed by atoms with van der Waals surface area (Å²) in [6, 6.07) is 9.28. The van der Waals surface area contributed by atoms with Gasteiger partial charge in [-0.05, 0) is 25.3 Å². The summed E-state index contributed by atoms with van der Waals surface area (Å²) in [5.41, 5.74) is 1.01. The molecule has 0 fully saturated rings. The number of aromatic carboxylic acids is 1. The van der Waals surface area contributed by atoms with Crippen molar-refractivity contribution in [3.05, 3.63) is 35.9 Å². The number of benzene rings is 1. The van der Waals surface area contributed by atoms with Crippen molar-refractivity contribution >= 4 is 34.5 Å². The van der Waals surface area contributed by atoms with E-state index in [0.717, 1.165) is 5.75 Å². The molecule has 0 saturated heterocycles. The Labute approximate surface area is 122 Å². The van der Waals surface area contributed by atoms with Crippen LogP contribution in [0, 0.1) is 0 Å². The van der Waals surface area contributed by atoms with Crippen LogP contribution in [0.25, 0.3) is 10.9 Å². The highest BCUT2D eigenvalue weighted by Gasteiger charge is 2.16. The third-order valence-electron chi connectivity index (χ3n) is 3.36. The number of hydrogen-bond acceptors (Lipinski definition) is 4. The highest BCUT2D eigenvalue weighted by atomic mass is 32.2. The number of para-hydroxylation sites is 1. The summed E-state index contributed by atoms with van der Waals surface area (Å²) in [6.45, 7) is 2.10. The Hall–Kier alpha value is -1.75. The van der Waals surface area contributed by atoms with Crippen molar-refractivity contribution in [3.8, 4) is 0 Å². The molecule has 0 aliphatic heterocycles. The van der Waals surface area contributed by atoms with E-state index in [2.05, 4.69) is 18.2 Å². The molecule has 0 bridgehead atoms. The number of carboxylic acids is 1. The van der Waals surface area contributed by atoms with Crippen LogP contribution in [0.5, 0.6) is 0 Å². The van der Waals surface area contributed by atoms with Crippen LogP contribution in [0.1, 0.15) is 17.3 Å². The van der Waals surface area contributed by atoms with Crippen molar-refractivity contribution in [2.24, 2.45) is 0 Å². The second kappa shape index (κ2) is 6.13. The maximum atomic E-state index is 11.4. The van der Waals surface area contributed by atoms with Gasteiger partial charge in [-0.25, -0.2) is 9.78 Å². The van der Waals surface area contributed by atoms with Gasteiger partial charge >= 0.3 is 5.97 Å². The van der Waals surface area contributed by atoms with Crippen LogP contribution in [-0.2, 0) is 0 Å². The fourth-order valence-corrected chi connectivity index (χ4v) is 2.80. The van der Waals surface area contributed by atoms with Crippen LogP contribution in [0.4, 0.5) is 5.82 Å². The van der Waals surface area contributed by atoms with Crippen LogP contribution < -0.4 is 4.90 Å². The molecule has 1 unspecified atom stereocenters. The SMILES string of the molecule is CSCC(C)N(C)c1cc(C(=O)O)c2ccccc2n1. The number of rotatable bonds is 5. The van der Waals surface area contributed by atoms with E-state index in [0.29, 0.717) is 28.3 Å². The lowest BCUT2D eigenvalue weighted by Crippen LogP contribution is -2.31. The summed E-state index contributed by atoms with van der Waals surface area (Å²) in [4.78, 5) is 18.0. The minimum Gasteiger partial charge on any atom is -0.478 e. The minimum absolute atomic E-state index is 0.292. The van der Waals surface area contributed by atoms with E-state index >= 15 is 0 Å². The molecule has 5 heteroatoms. The van der Waals surface area contributed by atoms with Crippen LogP contribution in [0.3, 0.4) is 0 Å². The number of nitrogens with zero attached hydrogens (tertiary/aromatic N) is 2. The summed E-state index contributed by atoms with van der Waals surface area (Å²) in [6.07, 6.45) is 2.06. The molecule has 106 valence electrons. The normalized spacial score (nSPS) is 12.3. The van der Waals surface area contributed by atoms with Gasteiger partial charge in [0, 0.05) is 24.2 Å². The lowest BCUT2D eigenvalue weighted by molar-refractivity contribution is 0.0699. The number of carbonyl (C=O) groups is 1. The van der Waals surface area contributed by atoms with Gasteiger partial charge in [0.05, 0.1) is 11.1 Å². The van der Waals surface area contributed by atoms with Crippen molar-refractivity contribution < 1.29 is 9.90 Å². The quantitative estimate of drug-likeness (QED) is 0.917. The zero-order chi connectivity index (χ0) is 14.7. The number of anilines is 1. The molecule has 1 aromatic heterocycles. The molecule has 1 atom stereocenters. The largest absolute Gasteiger partial charge is 0.478 e. The lowest BCUT2D eigenvalue weighted by Gasteiger charge is -2.26. The number of aromatic nitrogens is 1. The summed E-state index contributed by atoms with van der Waals surface area (Å²) in [7, 11) is 1.95. The summed E-state index contributed by atoms with van der Waals surface area (Å²) in [5.74, 6) is 0.742. The predicted molar refractivity (Wildman–Crippen MR) is 84.9 cm³/mol. The Morgan fingerprint density at radius 2 is 2.15 bits per heavy atom. The Morgan fingerprint density at radius 3 is 2.80 bits per heavy atom. The molecule has 20 heavy (non-hydrogen) atoms. The first kappa shape index (κ1) is 14.7. The molecule has 4 nitrogen and oxygen atoms in total. The molecular formula is C15H18N2O2S. The zero-order valence-electron chi connectivity index (χ0n) is 11.8. The molecule has 1 heterocycles. The third kappa shape index (κ3) is 2.88. The molecule has 2 aromatic rings. The average molecular weight is 290 g/mol. The van der Waals surface area contributed by atoms with Crippen LogP contribution in [0.15, 0.2) is 30.3 Å². The first-order valence-corrected chi connectivity index (χ1v) is 7.79. The van der Waals surface area contributed by atoms with Gasteiger partial charge in [-0.15, -0.1) is 0 Å². The molecule has 1 N–H and O–H groups in total. The Bertz CT molecular complexity index is 630. The maximum Gasteiger partial charge on any atom is 0.336 e. The average Bonchev–Trinajstić information content (AvgIpc) is 2.45. The fourth-order valence-electron chi connectivity index (χ4n) is 2.10. The van der Waals surface area contributed by atoms with Gasteiger partial charge in [0.1, 0.15) is 5.82 Å². The van der Waals surface area contributed by atoms with Crippen LogP contribution >= 0.6 is 11.8 Å². The molecule has 0 spiro atoms. The van der Waals surface area contributed by atoms with Gasteiger partial charge < -0.3 is 10.0 Å². The van der Waals surface area contributed by atoms with E-state index in [1.807, 2.05) is 30.1 Å². The number of pyridine rings is 1. The van der Waals surface area contributed by atoms with E-state index in [1.165, 1.54) is 0 Å². The van der Waals surface area contributed by atoms with E-state index in [1.54, 1.807) is 23.9 Å². The number of fused-ring (bicyclic) bond motifs is 1. The molecule has 0 amide bonds. The van der Waals surface area contributed by atoms with Gasteiger partial charge in [0.25, 0.3) is 0 Å².